The smallest absolute Gasteiger partial charge is 0.276 e. The average molecular weight is 614 g/mol. The number of nitrogens with zero attached hydrogens (tertiary/aromatic N) is 4. The highest BCUT2D eigenvalue weighted by atomic mass is 35.5. The molecule has 3 aromatic carbocycles. The van der Waals surface area contributed by atoms with Gasteiger partial charge in [0.25, 0.3) is 5.91 Å². The Bertz CT molecular complexity index is 1810. The maximum Gasteiger partial charge on any atom is 0.276 e. The number of aryl methyl sites for hydroxylation is 1. The van der Waals surface area contributed by atoms with Crippen molar-refractivity contribution in [1.82, 2.24) is 19.3 Å². The van der Waals surface area contributed by atoms with Crippen LogP contribution >= 0.6 is 11.6 Å². The number of benzene rings is 3. The number of aromatic amines is 1. The first-order valence-corrected chi connectivity index (χ1v) is 16.3. The number of hydrogen-bond acceptors (Lipinski definition) is 5. The lowest BCUT2D eigenvalue weighted by Gasteiger charge is -2.23. The topological polar surface area (TPSA) is 99.3 Å². The van der Waals surface area contributed by atoms with E-state index in [1.807, 2.05) is 42.5 Å². The Morgan fingerprint density at radius 2 is 1.77 bits per heavy atom. The lowest BCUT2D eigenvalue weighted by Crippen LogP contribution is -2.32. The molecule has 1 N–H and O–H groups in total. The number of carbonyl (C=O) groups is 1. The lowest BCUT2D eigenvalue weighted by atomic mass is 10.1. The highest BCUT2D eigenvalue weighted by Crippen LogP contribution is 2.36. The average Bonchev–Trinajstić information content (AvgIpc) is 3.70. The van der Waals surface area contributed by atoms with E-state index < -0.39 is 16.1 Å². The van der Waals surface area contributed by atoms with Gasteiger partial charge in [-0.25, -0.2) is 13.4 Å². The highest BCUT2D eigenvalue weighted by Gasteiger charge is 2.38. The van der Waals surface area contributed by atoms with E-state index in [9.17, 15) is 13.2 Å². The van der Waals surface area contributed by atoms with Gasteiger partial charge in [0.15, 0.2) is 0 Å². The molecule has 0 aliphatic carbocycles. The summed E-state index contributed by atoms with van der Waals surface area (Å²) in [5, 5.41) is 0.483. The minimum absolute atomic E-state index is 0.171. The molecule has 1 atom stereocenters. The van der Waals surface area contributed by atoms with Crippen LogP contribution in [-0.4, -0.2) is 46.7 Å². The maximum absolute atomic E-state index is 13.6. The van der Waals surface area contributed by atoms with Crippen molar-refractivity contribution in [2.75, 3.05) is 18.0 Å². The highest BCUT2D eigenvalue weighted by molar-refractivity contribution is 7.89. The first kappa shape index (κ1) is 29.0. The van der Waals surface area contributed by atoms with Crippen molar-refractivity contribution in [1.29, 1.82) is 0 Å². The van der Waals surface area contributed by atoms with Crippen LogP contribution in [0.3, 0.4) is 0 Å². The number of imidazole rings is 1. The minimum atomic E-state index is -3.73. The Morgan fingerprint density at radius 1 is 0.977 bits per heavy atom. The van der Waals surface area contributed by atoms with E-state index in [2.05, 4.69) is 22.1 Å². The third-order valence-corrected chi connectivity index (χ3v) is 9.98. The number of amides is 1. The van der Waals surface area contributed by atoms with Gasteiger partial charge in [-0.15, -0.1) is 0 Å². The van der Waals surface area contributed by atoms with Crippen molar-refractivity contribution >= 4 is 44.3 Å². The van der Waals surface area contributed by atoms with Gasteiger partial charge in [0.1, 0.15) is 11.5 Å². The lowest BCUT2D eigenvalue weighted by molar-refractivity contribution is 0.0981. The zero-order valence-corrected chi connectivity index (χ0v) is 25.1. The van der Waals surface area contributed by atoms with E-state index in [1.165, 1.54) is 22.0 Å². The number of hydrogen-bond donors (Lipinski definition) is 1. The summed E-state index contributed by atoms with van der Waals surface area (Å²) < 4.78 is 28.5. The Morgan fingerprint density at radius 3 is 2.53 bits per heavy atom. The van der Waals surface area contributed by atoms with Crippen LogP contribution in [0.25, 0.3) is 11.0 Å². The zero-order chi connectivity index (χ0) is 29.8. The van der Waals surface area contributed by atoms with Crippen molar-refractivity contribution in [3.05, 3.63) is 119 Å². The molecule has 0 bridgehead atoms. The number of nitrogens with one attached hydrogen (secondary N) is 1. The Kier molecular flexibility index (Phi) is 8.56. The van der Waals surface area contributed by atoms with Crippen LogP contribution in [0.2, 0.25) is 5.02 Å². The number of rotatable bonds is 10. The number of sulfonamides is 1. The van der Waals surface area contributed by atoms with Crippen molar-refractivity contribution in [2.45, 2.75) is 43.0 Å². The molecule has 1 aliphatic heterocycles. The van der Waals surface area contributed by atoms with Crippen LogP contribution in [-0.2, 0) is 16.4 Å². The molecule has 1 saturated heterocycles. The van der Waals surface area contributed by atoms with Crippen LogP contribution in [0.5, 0.6) is 0 Å². The molecular weight excluding hydrogens is 582 g/mol. The molecule has 10 heteroatoms. The summed E-state index contributed by atoms with van der Waals surface area (Å²) in [4.78, 5) is 28.0. The van der Waals surface area contributed by atoms with E-state index in [-0.39, 0.29) is 10.8 Å². The molecule has 3 heterocycles. The summed E-state index contributed by atoms with van der Waals surface area (Å²) in [5.41, 5.74) is 3.84. The molecule has 2 aromatic heterocycles. The fourth-order valence-electron chi connectivity index (χ4n) is 5.61. The van der Waals surface area contributed by atoms with Gasteiger partial charge < -0.3 is 9.88 Å². The van der Waals surface area contributed by atoms with Crippen LogP contribution in [0.15, 0.2) is 102 Å². The SMILES string of the molecule is O=C(c1ccccn1)N(CCCCc1ccccc1)c1ccc2nc(C3CCCN3S(=O)(=O)c3ccc(Cl)cc3)[nH]c2c1. The second-order valence-corrected chi connectivity index (χ2v) is 13.0. The molecular formula is C33H32ClN5O3S. The summed E-state index contributed by atoms with van der Waals surface area (Å²) in [6.07, 6.45) is 5.70. The molecule has 1 amide bonds. The van der Waals surface area contributed by atoms with E-state index in [0.29, 0.717) is 41.6 Å². The van der Waals surface area contributed by atoms with E-state index in [4.69, 9.17) is 16.6 Å². The molecule has 43 heavy (non-hydrogen) atoms. The van der Waals surface area contributed by atoms with Gasteiger partial charge in [0.2, 0.25) is 10.0 Å². The van der Waals surface area contributed by atoms with Crippen molar-refractivity contribution in [3.8, 4) is 0 Å². The molecule has 5 aromatic rings. The number of anilines is 1. The van der Waals surface area contributed by atoms with Gasteiger partial charge >= 0.3 is 0 Å². The molecule has 1 unspecified atom stereocenters. The minimum Gasteiger partial charge on any atom is -0.341 e. The fourth-order valence-corrected chi connectivity index (χ4v) is 7.39. The number of halogens is 1. The first-order chi connectivity index (χ1) is 20.9. The van der Waals surface area contributed by atoms with Crippen molar-refractivity contribution in [3.63, 3.8) is 0 Å². The molecule has 1 aliphatic rings. The standard InChI is InChI=1S/C33H32ClN5O3S/c34-25-14-17-27(18-15-25)43(41,42)39-22-8-13-31(39)32-36-28-19-16-26(23-30(28)37-32)38(33(40)29-12-4-6-20-35-29)21-7-5-11-24-9-2-1-3-10-24/h1-4,6,9-10,12,14-20,23,31H,5,7-8,11,13,21-22H2,(H,36,37). The summed E-state index contributed by atoms with van der Waals surface area (Å²) in [6, 6.07) is 27.1. The summed E-state index contributed by atoms with van der Waals surface area (Å²) in [5.74, 6) is 0.420. The molecule has 0 radical (unpaired) electrons. The van der Waals surface area contributed by atoms with Gasteiger partial charge in [-0.3, -0.25) is 9.78 Å². The van der Waals surface area contributed by atoms with Crippen LogP contribution in [0.4, 0.5) is 5.69 Å². The predicted molar refractivity (Wildman–Crippen MR) is 169 cm³/mol. The second kappa shape index (κ2) is 12.7. The number of carbonyl (C=O) groups excluding carboxylic acids is 1. The number of unbranched alkanes of at least 4 members (excludes halogenated alkanes) is 1. The zero-order valence-electron chi connectivity index (χ0n) is 23.6. The van der Waals surface area contributed by atoms with Crippen molar-refractivity contribution in [2.24, 2.45) is 0 Å². The Hall–Kier alpha value is -4.05. The van der Waals surface area contributed by atoms with Gasteiger partial charge in [-0.2, -0.15) is 4.31 Å². The largest absolute Gasteiger partial charge is 0.341 e. The number of fused-ring (bicyclic) bond motifs is 1. The number of aromatic nitrogens is 3. The van der Waals surface area contributed by atoms with Crippen LogP contribution < -0.4 is 4.90 Å². The van der Waals surface area contributed by atoms with Crippen LogP contribution in [0, 0.1) is 0 Å². The van der Waals surface area contributed by atoms with E-state index in [1.54, 1.807) is 35.4 Å². The molecule has 220 valence electrons. The third-order valence-electron chi connectivity index (χ3n) is 7.80. The molecule has 0 spiro atoms. The van der Waals surface area contributed by atoms with E-state index >= 15 is 0 Å². The summed E-state index contributed by atoms with van der Waals surface area (Å²) >= 11 is 5.99. The molecule has 6 rings (SSSR count). The fraction of sp³-hybridized carbons (Fsp3) is 0.242. The third kappa shape index (κ3) is 6.34. The van der Waals surface area contributed by atoms with Crippen LogP contribution in [0.1, 0.15) is 53.6 Å². The maximum atomic E-state index is 13.6. The summed E-state index contributed by atoms with van der Waals surface area (Å²) in [7, 11) is -3.73. The molecule has 8 nitrogen and oxygen atoms in total. The normalized spacial score (nSPS) is 15.6. The molecule has 0 saturated carbocycles. The van der Waals surface area contributed by atoms with Gasteiger partial charge in [0.05, 0.1) is 22.0 Å². The Balaban J connectivity index is 1.25. The Labute approximate surface area is 256 Å². The first-order valence-electron chi connectivity index (χ1n) is 14.4. The molecule has 1 fully saturated rings. The van der Waals surface area contributed by atoms with Crippen molar-refractivity contribution < 1.29 is 13.2 Å². The monoisotopic (exact) mass is 613 g/mol. The summed E-state index contributed by atoms with van der Waals surface area (Å²) in [6.45, 7) is 0.942. The van der Waals surface area contributed by atoms with Gasteiger partial charge in [-0.1, -0.05) is 48.0 Å². The predicted octanol–water partition coefficient (Wildman–Crippen LogP) is 6.81. The van der Waals surface area contributed by atoms with Gasteiger partial charge in [-0.05, 0) is 92.3 Å². The number of H-pyrrole nitrogens is 1. The second-order valence-electron chi connectivity index (χ2n) is 10.7. The van der Waals surface area contributed by atoms with Gasteiger partial charge in [0, 0.05) is 30.0 Å². The quantitative estimate of drug-likeness (QED) is 0.175. The number of pyridine rings is 1. The van der Waals surface area contributed by atoms with E-state index in [0.717, 1.165) is 36.9 Å².